The van der Waals surface area contributed by atoms with Crippen LogP contribution in [-0.2, 0) is 9.53 Å². The number of furan rings is 1. The van der Waals surface area contributed by atoms with Gasteiger partial charge in [0.25, 0.3) is 5.91 Å². The number of nitrogens with zero attached hydrogens (tertiary/aromatic N) is 2. The fourth-order valence-corrected chi connectivity index (χ4v) is 2.86. The van der Waals surface area contributed by atoms with E-state index < -0.39 is 16.8 Å². The molecule has 1 amide bonds. The predicted octanol–water partition coefficient (Wildman–Crippen LogP) is 2.87. The Kier molecular flexibility index (Phi) is 4.85. The van der Waals surface area contributed by atoms with Crippen molar-refractivity contribution in [3.63, 3.8) is 0 Å². The monoisotopic (exact) mass is 373 g/mol. The molecule has 3 rings (SSSR count). The molecule has 1 aliphatic heterocycles. The number of ether oxygens (including phenoxy) is 1. The van der Waals surface area contributed by atoms with Crippen molar-refractivity contribution in [2.45, 2.75) is 0 Å². The third kappa shape index (κ3) is 3.81. The Bertz CT molecular complexity index is 945. The second kappa shape index (κ2) is 7.23. The van der Waals surface area contributed by atoms with Crippen LogP contribution in [0.15, 0.2) is 50.7 Å². The van der Waals surface area contributed by atoms with Gasteiger partial charge in [-0.3, -0.25) is 14.9 Å². The SMILES string of the molecule is COC(=O)c1ccc(N=C2NC(=O)/C(=C/c3ccc([N+](=O)[O-])o3)S2)cc1. The van der Waals surface area contributed by atoms with Gasteiger partial charge in [0, 0.05) is 6.08 Å². The zero-order valence-corrected chi connectivity index (χ0v) is 14.1. The number of hydrogen-bond acceptors (Lipinski definition) is 8. The maximum atomic E-state index is 12.0. The van der Waals surface area contributed by atoms with Crippen molar-refractivity contribution in [2.75, 3.05) is 7.11 Å². The van der Waals surface area contributed by atoms with E-state index in [0.29, 0.717) is 21.3 Å². The van der Waals surface area contributed by atoms with Gasteiger partial charge in [-0.25, -0.2) is 9.79 Å². The van der Waals surface area contributed by atoms with Gasteiger partial charge in [0.1, 0.15) is 10.7 Å². The lowest BCUT2D eigenvalue weighted by molar-refractivity contribution is -0.402. The molecule has 1 saturated heterocycles. The van der Waals surface area contributed by atoms with Crippen LogP contribution in [0.1, 0.15) is 16.1 Å². The molecule has 0 bridgehead atoms. The van der Waals surface area contributed by atoms with Gasteiger partial charge in [0.2, 0.25) is 0 Å². The van der Waals surface area contributed by atoms with Crippen molar-refractivity contribution < 1.29 is 23.7 Å². The summed E-state index contributed by atoms with van der Waals surface area (Å²) in [5, 5.41) is 13.5. The molecule has 2 aromatic rings. The van der Waals surface area contributed by atoms with Gasteiger partial charge in [-0.2, -0.15) is 0 Å². The molecule has 2 heterocycles. The summed E-state index contributed by atoms with van der Waals surface area (Å²) < 4.78 is 9.62. The molecule has 10 heteroatoms. The van der Waals surface area contributed by atoms with Gasteiger partial charge in [-0.05, 0) is 42.1 Å². The normalized spacial score (nSPS) is 16.7. The molecular weight excluding hydrogens is 362 g/mol. The number of amidine groups is 1. The van der Waals surface area contributed by atoms with Gasteiger partial charge in [-0.1, -0.05) is 0 Å². The summed E-state index contributed by atoms with van der Waals surface area (Å²) in [5.74, 6) is -1.05. The summed E-state index contributed by atoms with van der Waals surface area (Å²) in [7, 11) is 1.29. The molecule has 0 atom stereocenters. The summed E-state index contributed by atoms with van der Waals surface area (Å²) in [4.78, 5) is 37.9. The number of hydrogen-bond donors (Lipinski definition) is 1. The van der Waals surface area contributed by atoms with Crippen molar-refractivity contribution in [3.05, 3.63) is 62.7 Å². The van der Waals surface area contributed by atoms with Crippen LogP contribution in [0.2, 0.25) is 0 Å². The molecule has 0 saturated carbocycles. The Balaban J connectivity index is 1.76. The van der Waals surface area contributed by atoms with E-state index in [1.807, 2.05) is 0 Å². The van der Waals surface area contributed by atoms with Crippen LogP contribution in [0.3, 0.4) is 0 Å². The highest BCUT2D eigenvalue weighted by Crippen LogP contribution is 2.29. The predicted molar refractivity (Wildman–Crippen MR) is 93.9 cm³/mol. The summed E-state index contributed by atoms with van der Waals surface area (Å²) >= 11 is 1.07. The van der Waals surface area contributed by atoms with Gasteiger partial charge < -0.3 is 14.5 Å². The quantitative estimate of drug-likeness (QED) is 0.378. The number of nitro groups is 1. The highest BCUT2D eigenvalue weighted by Gasteiger charge is 2.24. The topological polar surface area (TPSA) is 124 Å². The number of methoxy groups -OCH3 is 1. The number of amides is 1. The molecule has 1 N–H and O–H groups in total. The van der Waals surface area contributed by atoms with Crippen LogP contribution in [-0.4, -0.2) is 29.1 Å². The maximum Gasteiger partial charge on any atom is 0.433 e. The molecular formula is C16H11N3O6S. The van der Waals surface area contributed by atoms with Crippen molar-refractivity contribution in [1.29, 1.82) is 0 Å². The summed E-state index contributed by atoms with van der Waals surface area (Å²) in [6.45, 7) is 0. The van der Waals surface area contributed by atoms with Crippen LogP contribution < -0.4 is 5.32 Å². The molecule has 1 aromatic carbocycles. The van der Waals surface area contributed by atoms with Crippen LogP contribution in [0.4, 0.5) is 11.6 Å². The first kappa shape index (κ1) is 17.4. The number of nitrogens with one attached hydrogen (secondary N) is 1. The summed E-state index contributed by atoms with van der Waals surface area (Å²) in [6.07, 6.45) is 1.40. The van der Waals surface area contributed by atoms with Crippen LogP contribution >= 0.6 is 11.8 Å². The third-order valence-electron chi connectivity index (χ3n) is 3.24. The zero-order valence-electron chi connectivity index (χ0n) is 13.3. The number of rotatable bonds is 4. The summed E-state index contributed by atoms with van der Waals surface area (Å²) in [6, 6.07) is 8.96. The van der Waals surface area contributed by atoms with E-state index in [0.717, 1.165) is 11.8 Å². The van der Waals surface area contributed by atoms with E-state index in [4.69, 9.17) is 4.42 Å². The van der Waals surface area contributed by atoms with Gasteiger partial charge in [0.05, 0.1) is 29.3 Å². The fraction of sp³-hybridized carbons (Fsp3) is 0.0625. The van der Waals surface area contributed by atoms with Crippen molar-refractivity contribution in [2.24, 2.45) is 4.99 Å². The Labute approximate surface area is 150 Å². The largest absolute Gasteiger partial charge is 0.465 e. The highest BCUT2D eigenvalue weighted by molar-refractivity contribution is 8.18. The molecule has 1 aliphatic rings. The molecule has 26 heavy (non-hydrogen) atoms. The Morgan fingerprint density at radius 1 is 1.31 bits per heavy atom. The first-order chi connectivity index (χ1) is 12.5. The molecule has 0 radical (unpaired) electrons. The number of carbonyl (C=O) groups excluding carboxylic acids is 2. The Hall–Kier alpha value is -3.40. The van der Waals surface area contributed by atoms with E-state index in [2.05, 4.69) is 15.0 Å². The third-order valence-corrected chi connectivity index (χ3v) is 4.15. The second-order valence-corrected chi connectivity index (χ2v) is 5.98. The van der Waals surface area contributed by atoms with Gasteiger partial charge >= 0.3 is 11.9 Å². The smallest absolute Gasteiger partial charge is 0.433 e. The number of thioether (sulfide) groups is 1. The molecule has 1 fully saturated rings. The van der Waals surface area contributed by atoms with Gasteiger partial charge in [-0.15, -0.1) is 0 Å². The summed E-state index contributed by atoms with van der Waals surface area (Å²) in [5.41, 5.74) is 0.926. The standard InChI is InChI=1S/C16H11N3O6S/c1-24-15(21)9-2-4-10(5-3-9)17-16-18-14(20)12(26-16)8-11-6-7-13(25-11)19(22)23/h2-8H,1H3,(H,17,18,20)/b12-8-. The van der Waals surface area contributed by atoms with Crippen molar-refractivity contribution in [3.8, 4) is 0 Å². The van der Waals surface area contributed by atoms with Crippen molar-refractivity contribution >= 4 is 46.5 Å². The number of benzene rings is 1. The molecule has 0 aliphatic carbocycles. The lowest BCUT2D eigenvalue weighted by atomic mass is 10.2. The fourth-order valence-electron chi connectivity index (χ4n) is 2.03. The highest BCUT2D eigenvalue weighted by atomic mass is 32.2. The van der Waals surface area contributed by atoms with Crippen LogP contribution in [0.25, 0.3) is 6.08 Å². The molecule has 9 nitrogen and oxygen atoms in total. The van der Waals surface area contributed by atoms with E-state index in [-0.39, 0.29) is 11.7 Å². The minimum absolute atomic E-state index is 0.193. The lowest BCUT2D eigenvalue weighted by Crippen LogP contribution is -2.19. The maximum absolute atomic E-state index is 12.0. The van der Waals surface area contributed by atoms with Crippen LogP contribution in [0.5, 0.6) is 0 Å². The second-order valence-electron chi connectivity index (χ2n) is 4.95. The van der Waals surface area contributed by atoms with E-state index in [9.17, 15) is 19.7 Å². The Morgan fingerprint density at radius 3 is 2.65 bits per heavy atom. The minimum atomic E-state index is -0.658. The number of aliphatic imine (C=N–C) groups is 1. The Morgan fingerprint density at radius 2 is 2.04 bits per heavy atom. The average molecular weight is 373 g/mol. The van der Waals surface area contributed by atoms with Crippen LogP contribution in [0, 0.1) is 10.1 Å². The lowest BCUT2D eigenvalue weighted by Gasteiger charge is -2.00. The minimum Gasteiger partial charge on any atom is -0.465 e. The van der Waals surface area contributed by atoms with Gasteiger partial charge in [0.15, 0.2) is 5.17 Å². The first-order valence-corrected chi connectivity index (χ1v) is 8.00. The van der Waals surface area contributed by atoms with Crippen molar-refractivity contribution in [1.82, 2.24) is 5.32 Å². The van der Waals surface area contributed by atoms with E-state index in [1.54, 1.807) is 24.3 Å². The molecule has 132 valence electrons. The van der Waals surface area contributed by atoms with E-state index >= 15 is 0 Å². The molecule has 0 unspecified atom stereocenters. The number of carbonyl (C=O) groups is 2. The number of esters is 1. The zero-order chi connectivity index (χ0) is 18.7. The molecule has 0 spiro atoms. The first-order valence-electron chi connectivity index (χ1n) is 7.18. The van der Waals surface area contributed by atoms with E-state index in [1.165, 1.54) is 25.3 Å². The molecule has 1 aromatic heterocycles. The average Bonchev–Trinajstić information content (AvgIpc) is 3.22.